The monoisotopic (exact) mass is 187 g/mol. The number of nitrogens with one attached hydrogen (secondary N) is 2. The second kappa shape index (κ2) is 3.37. The van der Waals surface area contributed by atoms with E-state index in [1.54, 1.807) is 0 Å². The van der Waals surface area contributed by atoms with Crippen molar-refractivity contribution in [1.82, 2.24) is 10.6 Å². The average molecular weight is 187 g/mol. The molecule has 0 atom stereocenters. The Bertz CT molecular complexity index is 225. The van der Waals surface area contributed by atoms with Crippen LogP contribution in [0.25, 0.3) is 0 Å². The molecular weight excluding hydrogens is 174 g/mol. The zero-order chi connectivity index (χ0) is 9.19. The minimum absolute atomic E-state index is 0.0635. The average Bonchev–Trinajstić information content (AvgIpc) is 2.20. The van der Waals surface area contributed by atoms with E-state index < -0.39 is 0 Å². The van der Waals surface area contributed by atoms with Crippen molar-refractivity contribution in [2.45, 2.75) is 19.4 Å². The summed E-state index contributed by atoms with van der Waals surface area (Å²) >= 11 is 4.93. The summed E-state index contributed by atoms with van der Waals surface area (Å²) < 4.78 is 0. The van der Waals surface area contributed by atoms with Gasteiger partial charge in [-0.1, -0.05) is 0 Å². The Morgan fingerprint density at radius 2 is 2.25 bits per heavy atom. The molecule has 68 valence electrons. The van der Waals surface area contributed by atoms with E-state index in [1.165, 1.54) is 0 Å². The van der Waals surface area contributed by atoms with Crippen molar-refractivity contribution in [3.8, 4) is 0 Å². The van der Waals surface area contributed by atoms with E-state index in [0.717, 1.165) is 5.84 Å². The lowest BCUT2D eigenvalue weighted by atomic mass is 10.1. The quantitative estimate of drug-likeness (QED) is 0.516. The molecule has 0 aromatic heterocycles. The molecule has 0 bridgehead atoms. The number of amidine groups is 1. The van der Waals surface area contributed by atoms with Gasteiger partial charge in [0.25, 0.3) is 0 Å². The Morgan fingerprint density at radius 3 is 2.67 bits per heavy atom. The van der Waals surface area contributed by atoms with Gasteiger partial charge in [0, 0.05) is 0 Å². The normalized spacial score (nSPS) is 23.9. The highest BCUT2D eigenvalue weighted by molar-refractivity contribution is 7.80. The van der Waals surface area contributed by atoms with Gasteiger partial charge in [0.2, 0.25) is 0 Å². The Kier molecular flexibility index (Phi) is 2.64. The molecule has 0 amide bonds. The van der Waals surface area contributed by atoms with E-state index >= 15 is 0 Å². The minimum Gasteiger partial charge on any atom is -0.394 e. The minimum atomic E-state index is -0.230. The van der Waals surface area contributed by atoms with Gasteiger partial charge in [-0.15, -0.1) is 0 Å². The van der Waals surface area contributed by atoms with Crippen LogP contribution < -0.4 is 10.6 Å². The van der Waals surface area contributed by atoms with Crippen LogP contribution in [0.1, 0.15) is 13.8 Å². The van der Waals surface area contributed by atoms with Crippen molar-refractivity contribution >= 4 is 23.2 Å². The number of hydrogen-bond acceptors (Lipinski definition) is 3. The van der Waals surface area contributed by atoms with Crippen molar-refractivity contribution in [3.63, 3.8) is 0 Å². The maximum Gasteiger partial charge on any atom is 0.172 e. The summed E-state index contributed by atoms with van der Waals surface area (Å²) in [5, 5.41) is 15.2. The summed E-state index contributed by atoms with van der Waals surface area (Å²) in [5.41, 5.74) is -0.230. The van der Waals surface area contributed by atoms with Crippen molar-refractivity contribution in [2.75, 3.05) is 13.2 Å². The summed E-state index contributed by atoms with van der Waals surface area (Å²) in [5.74, 6) is 0.793. The fourth-order valence-corrected chi connectivity index (χ4v) is 1.39. The summed E-state index contributed by atoms with van der Waals surface area (Å²) in [6, 6.07) is 0. The first-order chi connectivity index (χ1) is 5.56. The molecule has 0 saturated carbocycles. The lowest BCUT2D eigenvalue weighted by molar-refractivity contribution is 0.306. The zero-order valence-corrected chi connectivity index (χ0v) is 8.03. The van der Waals surface area contributed by atoms with E-state index in [0.29, 0.717) is 11.7 Å². The van der Waals surface area contributed by atoms with Crippen LogP contribution in [0.2, 0.25) is 0 Å². The second-order valence-corrected chi connectivity index (χ2v) is 3.57. The molecule has 1 rings (SSSR count). The van der Waals surface area contributed by atoms with Gasteiger partial charge in [-0.2, -0.15) is 0 Å². The fraction of sp³-hybridized carbons (Fsp3) is 0.714. The number of thiocarbonyl (C=S) groups is 1. The van der Waals surface area contributed by atoms with Gasteiger partial charge < -0.3 is 15.7 Å². The third kappa shape index (κ3) is 1.92. The smallest absolute Gasteiger partial charge is 0.172 e. The number of aliphatic hydroxyl groups is 1. The number of hydrogen-bond donors (Lipinski definition) is 3. The van der Waals surface area contributed by atoms with Gasteiger partial charge in [-0.25, -0.2) is 0 Å². The van der Waals surface area contributed by atoms with Crippen LogP contribution in [0.4, 0.5) is 0 Å². The number of rotatable bonds is 2. The summed E-state index contributed by atoms with van der Waals surface area (Å²) in [6.45, 7) is 4.44. The SMILES string of the molecule is CC1(C)NC(=S)NC1=NCCO. The van der Waals surface area contributed by atoms with E-state index in [4.69, 9.17) is 17.3 Å². The van der Waals surface area contributed by atoms with E-state index in [1.807, 2.05) is 13.8 Å². The topological polar surface area (TPSA) is 56.7 Å². The van der Waals surface area contributed by atoms with Gasteiger partial charge in [0.15, 0.2) is 5.11 Å². The van der Waals surface area contributed by atoms with Gasteiger partial charge in [0.1, 0.15) is 5.84 Å². The Hall–Kier alpha value is -0.680. The fourth-order valence-electron chi connectivity index (χ4n) is 1.04. The van der Waals surface area contributed by atoms with Crippen LogP contribution in [0.15, 0.2) is 4.99 Å². The summed E-state index contributed by atoms with van der Waals surface area (Å²) in [4.78, 5) is 4.15. The molecule has 3 N–H and O–H groups in total. The van der Waals surface area contributed by atoms with Crippen molar-refractivity contribution in [1.29, 1.82) is 0 Å². The number of nitrogens with zero attached hydrogens (tertiary/aromatic N) is 1. The van der Waals surface area contributed by atoms with E-state index in [9.17, 15) is 0 Å². The third-order valence-electron chi connectivity index (χ3n) is 1.62. The predicted octanol–water partition coefficient (Wildman–Crippen LogP) is -0.367. The van der Waals surface area contributed by atoms with Crippen LogP contribution >= 0.6 is 12.2 Å². The molecular formula is C7H13N3OS. The van der Waals surface area contributed by atoms with Gasteiger partial charge in [-0.05, 0) is 26.1 Å². The zero-order valence-electron chi connectivity index (χ0n) is 7.22. The molecule has 4 nitrogen and oxygen atoms in total. The molecule has 0 aliphatic carbocycles. The molecule has 0 aromatic carbocycles. The molecule has 0 aromatic rings. The molecule has 0 unspecified atom stereocenters. The first-order valence-electron chi connectivity index (χ1n) is 3.81. The van der Waals surface area contributed by atoms with Crippen molar-refractivity contribution in [2.24, 2.45) is 4.99 Å². The highest BCUT2D eigenvalue weighted by Gasteiger charge is 2.32. The van der Waals surface area contributed by atoms with Crippen LogP contribution in [-0.2, 0) is 0 Å². The van der Waals surface area contributed by atoms with Crippen molar-refractivity contribution in [3.05, 3.63) is 0 Å². The van der Waals surface area contributed by atoms with E-state index in [2.05, 4.69) is 15.6 Å². The predicted molar refractivity (Wildman–Crippen MR) is 52.3 cm³/mol. The first-order valence-corrected chi connectivity index (χ1v) is 4.22. The standard InChI is InChI=1S/C7H13N3OS/c1-7(2)5(8-3-4-11)9-6(12)10-7/h11H,3-4H2,1-2H3,(H2,8,9,10,12). The number of aliphatic hydroxyl groups excluding tert-OH is 1. The molecule has 5 heteroatoms. The lowest BCUT2D eigenvalue weighted by Gasteiger charge is -2.16. The molecule has 1 saturated heterocycles. The Balaban J connectivity index is 2.71. The van der Waals surface area contributed by atoms with Crippen molar-refractivity contribution < 1.29 is 5.11 Å². The van der Waals surface area contributed by atoms with Crippen LogP contribution in [-0.4, -0.2) is 34.7 Å². The molecule has 0 spiro atoms. The molecule has 12 heavy (non-hydrogen) atoms. The van der Waals surface area contributed by atoms with E-state index in [-0.39, 0.29) is 12.1 Å². The van der Waals surface area contributed by atoms with Crippen LogP contribution in [0.5, 0.6) is 0 Å². The Labute approximate surface area is 77.1 Å². The largest absolute Gasteiger partial charge is 0.394 e. The van der Waals surface area contributed by atoms with Gasteiger partial charge >= 0.3 is 0 Å². The maximum absolute atomic E-state index is 8.57. The Morgan fingerprint density at radius 1 is 1.58 bits per heavy atom. The summed E-state index contributed by atoms with van der Waals surface area (Å²) in [7, 11) is 0. The summed E-state index contributed by atoms with van der Waals surface area (Å²) in [6.07, 6.45) is 0. The van der Waals surface area contributed by atoms with Crippen LogP contribution in [0, 0.1) is 0 Å². The molecule has 0 radical (unpaired) electrons. The second-order valence-electron chi connectivity index (χ2n) is 3.16. The third-order valence-corrected chi connectivity index (χ3v) is 1.82. The molecule has 1 aliphatic heterocycles. The van der Waals surface area contributed by atoms with Crippen LogP contribution in [0.3, 0.4) is 0 Å². The van der Waals surface area contributed by atoms with Gasteiger partial charge in [-0.3, -0.25) is 4.99 Å². The number of aliphatic imine (C=N–C) groups is 1. The highest BCUT2D eigenvalue weighted by Crippen LogP contribution is 2.09. The highest BCUT2D eigenvalue weighted by atomic mass is 32.1. The maximum atomic E-state index is 8.57. The molecule has 1 aliphatic rings. The lowest BCUT2D eigenvalue weighted by Crippen LogP contribution is -2.40. The molecule has 1 heterocycles. The van der Waals surface area contributed by atoms with Gasteiger partial charge in [0.05, 0.1) is 18.7 Å². The molecule has 1 fully saturated rings. The first kappa shape index (κ1) is 9.41.